The fraction of sp³-hybridized carbons (Fsp3) is 0.391. The van der Waals surface area contributed by atoms with E-state index < -0.39 is 11.0 Å². The number of amides is 1. The van der Waals surface area contributed by atoms with Crippen molar-refractivity contribution in [3.8, 4) is 6.07 Å². The summed E-state index contributed by atoms with van der Waals surface area (Å²) in [5.41, 5.74) is 1.23. The zero-order valence-electron chi connectivity index (χ0n) is 16.7. The summed E-state index contributed by atoms with van der Waals surface area (Å²) < 4.78 is 6.09. The Morgan fingerprint density at radius 2 is 1.86 bits per heavy atom. The molecule has 1 aliphatic heterocycles. The standard InChI is InChI=1S/C23H25BN2O2/c1-17(18-9-11-20(24)12-10-18)26-14-13-23(28-21(26)27,15-22(2,3)16-25)19-7-5-4-6-8-19/h4-12,17H,13-15H2,1-3H3/t17-,23-/m0/s1. The average molecular weight is 372 g/mol. The molecule has 0 spiro atoms. The van der Waals surface area contributed by atoms with Crippen molar-refractivity contribution < 1.29 is 9.53 Å². The molecular formula is C23H25BN2O2. The predicted molar refractivity (Wildman–Crippen MR) is 110 cm³/mol. The second kappa shape index (κ2) is 7.71. The molecular weight excluding hydrogens is 347 g/mol. The molecule has 142 valence electrons. The molecule has 2 aromatic rings. The zero-order chi connectivity index (χ0) is 20.4. The van der Waals surface area contributed by atoms with Crippen molar-refractivity contribution in [1.29, 1.82) is 5.26 Å². The molecule has 1 fully saturated rings. The number of hydrogen-bond acceptors (Lipinski definition) is 3. The predicted octanol–water partition coefficient (Wildman–Crippen LogP) is 4.22. The Morgan fingerprint density at radius 1 is 1.21 bits per heavy atom. The van der Waals surface area contributed by atoms with Crippen molar-refractivity contribution in [2.75, 3.05) is 6.54 Å². The number of hydrogen-bond donors (Lipinski definition) is 0. The van der Waals surface area contributed by atoms with Crippen LogP contribution in [-0.2, 0) is 10.3 Å². The fourth-order valence-corrected chi connectivity index (χ4v) is 3.90. The summed E-state index contributed by atoms with van der Waals surface area (Å²) in [4.78, 5) is 14.8. The van der Waals surface area contributed by atoms with E-state index in [1.165, 1.54) is 0 Å². The second-order valence-electron chi connectivity index (χ2n) is 8.19. The molecule has 4 nitrogen and oxygen atoms in total. The highest BCUT2D eigenvalue weighted by Crippen LogP contribution is 2.44. The minimum Gasteiger partial charge on any atom is -0.438 e. The van der Waals surface area contributed by atoms with E-state index in [2.05, 4.69) is 6.07 Å². The number of benzene rings is 2. The lowest BCUT2D eigenvalue weighted by molar-refractivity contribution is -0.0770. The van der Waals surface area contributed by atoms with Gasteiger partial charge >= 0.3 is 6.09 Å². The normalized spacial score (nSPS) is 20.9. The van der Waals surface area contributed by atoms with E-state index in [0.29, 0.717) is 24.8 Å². The largest absolute Gasteiger partial charge is 0.438 e. The fourth-order valence-electron chi connectivity index (χ4n) is 3.90. The monoisotopic (exact) mass is 372 g/mol. The van der Waals surface area contributed by atoms with Crippen molar-refractivity contribution in [3.05, 3.63) is 65.7 Å². The molecule has 0 unspecified atom stereocenters. The van der Waals surface area contributed by atoms with Crippen LogP contribution in [0.5, 0.6) is 0 Å². The quantitative estimate of drug-likeness (QED) is 0.739. The molecule has 1 amide bonds. The average Bonchev–Trinajstić information content (AvgIpc) is 2.68. The van der Waals surface area contributed by atoms with Crippen LogP contribution in [0.1, 0.15) is 50.8 Å². The van der Waals surface area contributed by atoms with Crippen molar-refractivity contribution >= 4 is 19.4 Å². The molecule has 3 rings (SSSR count). The van der Waals surface area contributed by atoms with Crippen LogP contribution >= 0.6 is 0 Å². The van der Waals surface area contributed by atoms with Crippen molar-refractivity contribution in [3.63, 3.8) is 0 Å². The Labute approximate surface area is 168 Å². The van der Waals surface area contributed by atoms with Crippen LogP contribution in [0, 0.1) is 16.7 Å². The molecule has 5 heteroatoms. The van der Waals surface area contributed by atoms with Crippen molar-refractivity contribution in [2.45, 2.75) is 45.3 Å². The Hall–Kier alpha value is -2.74. The van der Waals surface area contributed by atoms with E-state index in [9.17, 15) is 10.1 Å². The minimum absolute atomic E-state index is 0.120. The summed E-state index contributed by atoms with van der Waals surface area (Å²) in [6, 6.07) is 19.5. The first kappa shape index (κ1) is 20.0. The molecule has 2 atom stereocenters. The molecule has 2 radical (unpaired) electrons. The topological polar surface area (TPSA) is 53.3 Å². The maximum Gasteiger partial charge on any atom is 0.411 e. The molecule has 0 aromatic heterocycles. The van der Waals surface area contributed by atoms with E-state index in [-0.39, 0.29) is 12.1 Å². The Bertz CT molecular complexity index is 874. The first-order valence-corrected chi connectivity index (χ1v) is 9.58. The number of carbonyl (C=O) groups excluding carboxylic acids is 1. The number of ether oxygens (including phenoxy) is 1. The number of rotatable bonds is 5. The van der Waals surface area contributed by atoms with Gasteiger partial charge in [-0.05, 0) is 31.9 Å². The summed E-state index contributed by atoms with van der Waals surface area (Å²) in [7, 11) is 5.77. The van der Waals surface area contributed by atoms with Crippen LogP contribution in [0.3, 0.4) is 0 Å². The van der Waals surface area contributed by atoms with Gasteiger partial charge in [-0.1, -0.05) is 60.1 Å². The first-order chi connectivity index (χ1) is 13.3. The Morgan fingerprint density at radius 3 is 2.43 bits per heavy atom. The summed E-state index contributed by atoms with van der Waals surface area (Å²) >= 11 is 0. The van der Waals surface area contributed by atoms with Crippen molar-refractivity contribution in [1.82, 2.24) is 4.90 Å². The van der Waals surface area contributed by atoms with E-state index in [1.807, 2.05) is 75.4 Å². The lowest BCUT2D eigenvalue weighted by Crippen LogP contribution is -2.50. The Kier molecular flexibility index (Phi) is 5.51. The van der Waals surface area contributed by atoms with Gasteiger partial charge in [-0.2, -0.15) is 5.26 Å². The van der Waals surface area contributed by atoms with Gasteiger partial charge in [0, 0.05) is 19.4 Å². The molecule has 0 aliphatic carbocycles. The maximum absolute atomic E-state index is 13.0. The summed E-state index contributed by atoms with van der Waals surface area (Å²) in [6.45, 7) is 6.31. The molecule has 0 bridgehead atoms. The molecule has 0 N–H and O–H groups in total. The number of cyclic esters (lactones) is 1. The lowest BCUT2D eigenvalue weighted by atomic mass is 9.75. The highest BCUT2D eigenvalue weighted by atomic mass is 16.6. The summed E-state index contributed by atoms with van der Waals surface area (Å²) in [6.07, 6.45) is 0.733. The third-order valence-corrected chi connectivity index (χ3v) is 5.49. The molecule has 0 saturated carbocycles. The summed E-state index contributed by atoms with van der Waals surface area (Å²) in [5, 5.41) is 9.55. The first-order valence-electron chi connectivity index (χ1n) is 9.58. The maximum atomic E-state index is 13.0. The highest BCUT2D eigenvalue weighted by Gasteiger charge is 2.46. The van der Waals surface area contributed by atoms with E-state index in [1.54, 1.807) is 4.90 Å². The SMILES string of the molecule is [B]c1ccc([C@H](C)N2CC[C@](CC(C)(C)C#N)(c3ccccc3)OC2=O)cc1. The molecule has 28 heavy (non-hydrogen) atoms. The van der Waals surface area contributed by atoms with Gasteiger partial charge in [0.15, 0.2) is 0 Å². The van der Waals surface area contributed by atoms with Gasteiger partial charge in [0.05, 0.1) is 17.5 Å². The lowest BCUT2D eigenvalue weighted by Gasteiger charge is -2.45. The van der Waals surface area contributed by atoms with Crippen molar-refractivity contribution in [2.24, 2.45) is 5.41 Å². The van der Waals surface area contributed by atoms with Gasteiger partial charge in [0.1, 0.15) is 13.4 Å². The molecule has 1 aliphatic rings. The molecule has 1 saturated heterocycles. The van der Waals surface area contributed by atoms with E-state index in [0.717, 1.165) is 11.1 Å². The van der Waals surface area contributed by atoms with E-state index >= 15 is 0 Å². The highest BCUT2D eigenvalue weighted by molar-refractivity contribution is 6.32. The smallest absolute Gasteiger partial charge is 0.411 e. The van der Waals surface area contributed by atoms with Crippen LogP contribution in [-0.4, -0.2) is 25.4 Å². The van der Waals surface area contributed by atoms with Gasteiger partial charge in [0.2, 0.25) is 0 Å². The molecule has 2 aromatic carbocycles. The second-order valence-corrected chi connectivity index (χ2v) is 8.19. The van der Waals surface area contributed by atoms with Gasteiger partial charge in [-0.15, -0.1) is 0 Å². The zero-order valence-corrected chi connectivity index (χ0v) is 16.7. The van der Waals surface area contributed by atoms with E-state index in [4.69, 9.17) is 12.6 Å². The van der Waals surface area contributed by atoms with Crippen LogP contribution in [0.4, 0.5) is 4.79 Å². The van der Waals surface area contributed by atoms with Gasteiger partial charge in [-0.3, -0.25) is 0 Å². The summed E-state index contributed by atoms with van der Waals surface area (Å²) in [5.74, 6) is 0. The third-order valence-electron chi connectivity index (χ3n) is 5.49. The molecule has 1 heterocycles. The number of nitriles is 1. The van der Waals surface area contributed by atoms with Gasteiger partial charge in [-0.25, -0.2) is 4.79 Å². The van der Waals surface area contributed by atoms with Crippen LogP contribution in [0.15, 0.2) is 54.6 Å². The number of nitrogens with zero attached hydrogens (tertiary/aromatic N) is 2. The van der Waals surface area contributed by atoms with Crippen LogP contribution < -0.4 is 5.46 Å². The van der Waals surface area contributed by atoms with Crippen LogP contribution in [0.25, 0.3) is 0 Å². The van der Waals surface area contributed by atoms with Gasteiger partial charge < -0.3 is 9.64 Å². The van der Waals surface area contributed by atoms with Gasteiger partial charge in [0.25, 0.3) is 0 Å². The number of carbonyl (C=O) groups is 1. The third kappa shape index (κ3) is 4.07. The van der Waals surface area contributed by atoms with Crippen LogP contribution in [0.2, 0.25) is 0 Å². The Balaban J connectivity index is 1.88. The minimum atomic E-state index is -0.797.